The molecule has 2 aromatic heterocycles. The van der Waals surface area contributed by atoms with E-state index in [9.17, 15) is 0 Å². The van der Waals surface area contributed by atoms with Gasteiger partial charge in [-0.05, 0) is 23.1 Å². The molecule has 2 nitrogen and oxygen atoms in total. The van der Waals surface area contributed by atoms with Gasteiger partial charge in [0, 0.05) is 21.0 Å². The Hall–Kier alpha value is -2.13. The minimum Gasteiger partial charge on any atom is -0.278 e. The van der Waals surface area contributed by atoms with E-state index in [1.807, 2.05) is 6.20 Å². The van der Waals surface area contributed by atoms with Crippen molar-refractivity contribution in [3.63, 3.8) is 0 Å². The Morgan fingerprint density at radius 1 is 0.889 bits per heavy atom. The lowest BCUT2D eigenvalue weighted by Gasteiger charge is -2.01. The monoisotopic (exact) mass is 250 g/mol. The Balaban J connectivity index is 2.10. The van der Waals surface area contributed by atoms with Crippen LogP contribution in [0.5, 0.6) is 0 Å². The number of aromatic amines is 1. The van der Waals surface area contributed by atoms with Crippen molar-refractivity contribution >= 4 is 32.3 Å². The average Bonchev–Trinajstić information content (AvgIpc) is 3.05. The van der Waals surface area contributed by atoms with E-state index < -0.39 is 0 Å². The van der Waals surface area contributed by atoms with E-state index in [-0.39, 0.29) is 0 Å². The molecule has 0 spiro atoms. The first kappa shape index (κ1) is 9.85. The standard InChI is InChI=1S/C15H10N2S/c1-2-7-15-11(4-1)13(9-18-15)10-5-3-6-14-12(10)8-16-17-14/h1-9H,(H,16,17). The highest BCUT2D eigenvalue weighted by Crippen LogP contribution is 2.36. The van der Waals surface area contributed by atoms with Gasteiger partial charge >= 0.3 is 0 Å². The minimum atomic E-state index is 1.09. The van der Waals surface area contributed by atoms with E-state index in [4.69, 9.17) is 0 Å². The highest BCUT2D eigenvalue weighted by atomic mass is 32.1. The molecule has 0 atom stereocenters. The highest BCUT2D eigenvalue weighted by Gasteiger charge is 2.09. The molecule has 0 radical (unpaired) electrons. The molecule has 0 aliphatic heterocycles. The average molecular weight is 250 g/mol. The smallest absolute Gasteiger partial charge is 0.0656 e. The second-order valence-electron chi connectivity index (χ2n) is 4.28. The van der Waals surface area contributed by atoms with Gasteiger partial charge in [-0.25, -0.2) is 0 Å². The molecule has 86 valence electrons. The molecule has 4 aromatic rings. The molecule has 2 aromatic carbocycles. The molecule has 0 aliphatic carbocycles. The highest BCUT2D eigenvalue weighted by molar-refractivity contribution is 7.17. The van der Waals surface area contributed by atoms with Gasteiger partial charge in [-0.2, -0.15) is 5.10 Å². The summed E-state index contributed by atoms with van der Waals surface area (Å²) in [6, 6.07) is 14.8. The lowest BCUT2D eigenvalue weighted by Crippen LogP contribution is -1.77. The molecule has 0 saturated heterocycles. The topological polar surface area (TPSA) is 28.7 Å². The van der Waals surface area contributed by atoms with Crippen LogP contribution < -0.4 is 0 Å². The van der Waals surface area contributed by atoms with Gasteiger partial charge in [-0.3, -0.25) is 5.10 Å². The van der Waals surface area contributed by atoms with Crippen molar-refractivity contribution in [2.75, 3.05) is 0 Å². The molecular weight excluding hydrogens is 240 g/mol. The summed E-state index contributed by atoms with van der Waals surface area (Å²) in [6.07, 6.45) is 1.90. The van der Waals surface area contributed by atoms with Gasteiger partial charge in [-0.15, -0.1) is 11.3 Å². The van der Waals surface area contributed by atoms with Crippen LogP contribution in [0.3, 0.4) is 0 Å². The Labute approximate surface area is 108 Å². The molecule has 1 N–H and O–H groups in total. The molecular formula is C15H10N2S. The number of aromatic nitrogens is 2. The van der Waals surface area contributed by atoms with Gasteiger partial charge in [0.05, 0.1) is 11.7 Å². The summed E-state index contributed by atoms with van der Waals surface area (Å²) in [7, 11) is 0. The summed E-state index contributed by atoms with van der Waals surface area (Å²) in [4.78, 5) is 0. The largest absolute Gasteiger partial charge is 0.278 e. The van der Waals surface area contributed by atoms with Gasteiger partial charge < -0.3 is 0 Å². The van der Waals surface area contributed by atoms with Gasteiger partial charge in [-0.1, -0.05) is 30.3 Å². The molecule has 4 rings (SSSR count). The van der Waals surface area contributed by atoms with E-state index in [2.05, 4.69) is 58.0 Å². The fourth-order valence-corrected chi connectivity index (χ4v) is 3.35. The zero-order valence-corrected chi connectivity index (χ0v) is 10.4. The van der Waals surface area contributed by atoms with E-state index in [0.29, 0.717) is 0 Å². The lowest BCUT2D eigenvalue weighted by atomic mass is 10.0. The minimum absolute atomic E-state index is 1.09. The van der Waals surface area contributed by atoms with Crippen molar-refractivity contribution in [2.45, 2.75) is 0 Å². The fraction of sp³-hybridized carbons (Fsp3) is 0. The van der Waals surface area contributed by atoms with E-state index in [0.717, 1.165) is 5.52 Å². The molecule has 0 unspecified atom stereocenters. The Morgan fingerprint density at radius 3 is 2.83 bits per heavy atom. The number of benzene rings is 2. The van der Waals surface area contributed by atoms with Crippen molar-refractivity contribution in [1.29, 1.82) is 0 Å². The second kappa shape index (κ2) is 3.68. The summed E-state index contributed by atoms with van der Waals surface area (Å²) in [5.74, 6) is 0. The summed E-state index contributed by atoms with van der Waals surface area (Å²) >= 11 is 1.79. The number of nitrogens with zero attached hydrogens (tertiary/aromatic N) is 1. The number of rotatable bonds is 1. The number of hydrogen-bond acceptors (Lipinski definition) is 2. The summed E-state index contributed by atoms with van der Waals surface area (Å²) in [5.41, 5.74) is 3.63. The Kier molecular flexibility index (Phi) is 2.02. The van der Waals surface area contributed by atoms with Crippen molar-refractivity contribution in [2.24, 2.45) is 0 Å². The van der Waals surface area contributed by atoms with Crippen molar-refractivity contribution in [3.05, 3.63) is 54.0 Å². The van der Waals surface area contributed by atoms with Gasteiger partial charge in [0.25, 0.3) is 0 Å². The maximum atomic E-state index is 4.13. The molecule has 3 heteroatoms. The van der Waals surface area contributed by atoms with Crippen molar-refractivity contribution < 1.29 is 0 Å². The normalized spacial score (nSPS) is 11.3. The van der Waals surface area contributed by atoms with Gasteiger partial charge in [0.15, 0.2) is 0 Å². The van der Waals surface area contributed by atoms with Crippen molar-refractivity contribution in [1.82, 2.24) is 10.2 Å². The molecule has 0 saturated carbocycles. The van der Waals surface area contributed by atoms with Crippen molar-refractivity contribution in [3.8, 4) is 11.1 Å². The predicted molar refractivity (Wildman–Crippen MR) is 76.9 cm³/mol. The summed E-state index contributed by atoms with van der Waals surface area (Å²) < 4.78 is 1.33. The first-order valence-corrected chi connectivity index (χ1v) is 6.70. The van der Waals surface area contributed by atoms with Crippen LogP contribution >= 0.6 is 11.3 Å². The molecule has 0 aliphatic rings. The Bertz CT molecular complexity index is 842. The maximum absolute atomic E-state index is 4.13. The lowest BCUT2D eigenvalue weighted by molar-refractivity contribution is 1.12. The third-order valence-corrected chi connectivity index (χ3v) is 4.22. The zero-order chi connectivity index (χ0) is 11.9. The van der Waals surface area contributed by atoms with E-state index in [1.165, 1.54) is 26.6 Å². The molecule has 2 heterocycles. The van der Waals surface area contributed by atoms with E-state index in [1.54, 1.807) is 11.3 Å². The first-order chi connectivity index (χ1) is 8.93. The van der Waals surface area contributed by atoms with Crippen LogP contribution in [0.25, 0.3) is 32.1 Å². The van der Waals surface area contributed by atoms with Crippen LogP contribution in [0.2, 0.25) is 0 Å². The first-order valence-electron chi connectivity index (χ1n) is 5.82. The second-order valence-corrected chi connectivity index (χ2v) is 5.19. The Morgan fingerprint density at radius 2 is 1.83 bits per heavy atom. The number of H-pyrrole nitrogens is 1. The zero-order valence-electron chi connectivity index (χ0n) is 9.55. The van der Waals surface area contributed by atoms with Crippen LogP contribution in [0.1, 0.15) is 0 Å². The quantitative estimate of drug-likeness (QED) is 0.531. The van der Waals surface area contributed by atoms with E-state index >= 15 is 0 Å². The van der Waals surface area contributed by atoms with Gasteiger partial charge in [0.1, 0.15) is 0 Å². The van der Waals surface area contributed by atoms with Crippen LogP contribution in [0.4, 0.5) is 0 Å². The third kappa shape index (κ3) is 1.31. The summed E-state index contributed by atoms with van der Waals surface area (Å²) in [6.45, 7) is 0. The number of thiophene rings is 1. The van der Waals surface area contributed by atoms with Gasteiger partial charge in [0.2, 0.25) is 0 Å². The van der Waals surface area contributed by atoms with Crippen LogP contribution in [-0.2, 0) is 0 Å². The molecule has 0 fully saturated rings. The molecule has 0 amide bonds. The van der Waals surface area contributed by atoms with Crippen LogP contribution in [0.15, 0.2) is 54.0 Å². The number of nitrogens with one attached hydrogen (secondary N) is 1. The third-order valence-electron chi connectivity index (χ3n) is 3.26. The number of hydrogen-bond donors (Lipinski definition) is 1. The molecule has 0 bridgehead atoms. The van der Waals surface area contributed by atoms with Crippen LogP contribution in [0, 0.1) is 0 Å². The summed E-state index contributed by atoms with van der Waals surface area (Å²) in [5, 5.41) is 11.9. The number of fused-ring (bicyclic) bond motifs is 2. The predicted octanol–water partition coefficient (Wildman–Crippen LogP) is 4.44. The van der Waals surface area contributed by atoms with Crippen LogP contribution in [-0.4, -0.2) is 10.2 Å². The fourth-order valence-electron chi connectivity index (χ4n) is 2.39. The maximum Gasteiger partial charge on any atom is 0.0656 e. The SMILES string of the molecule is c1cc(-c2csc3ccccc23)c2cn[nH]c2c1. The molecule has 18 heavy (non-hydrogen) atoms.